The van der Waals surface area contributed by atoms with Gasteiger partial charge in [0.2, 0.25) is 0 Å². The molecule has 1 N–H and O–H groups in total. The highest BCUT2D eigenvalue weighted by atomic mass is 32.1. The molecule has 4 heteroatoms. The van der Waals surface area contributed by atoms with E-state index < -0.39 is 0 Å². The van der Waals surface area contributed by atoms with E-state index in [9.17, 15) is 4.79 Å². The number of carbonyl (C=O) groups excluding carboxylic acids is 1. The molecule has 0 spiro atoms. The van der Waals surface area contributed by atoms with Crippen molar-refractivity contribution in [3.05, 3.63) is 21.9 Å². The van der Waals surface area contributed by atoms with Crippen LogP contribution < -0.4 is 0 Å². The third kappa shape index (κ3) is 3.59. The zero-order valence-corrected chi connectivity index (χ0v) is 12.0. The Hall–Kier alpha value is -1.31. The van der Waals surface area contributed by atoms with Gasteiger partial charge in [-0.2, -0.15) is 0 Å². The first kappa shape index (κ1) is 14.1. The van der Waals surface area contributed by atoms with Crippen molar-refractivity contribution in [1.29, 1.82) is 0 Å². The van der Waals surface area contributed by atoms with E-state index in [1.807, 2.05) is 16.3 Å². The fourth-order valence-electron chi connectivity index (χ4n) is 2.32. The van der Waals surface area contributed by atoms with Gasteiger partial charge in [0.1, 0.15) is 11.5 Å². The molecule has 1 atom stereocenters. The molecular weight excluding hydrogens is 258 g/mol. The van der Waals surface area contributed by atoms with E-state index in [2.05, 4.69) is 18.8 Å². The Morgan fingerprint density at radius 3 is 3.16 bits per heavy atom. The molecule has 0 saturated carbocycles. The Balaban J connectivity index is 2.13. The topological polar surface area (TPSA) is 40.5 Å². The molecular formula is C15H19NO2S. The van der Waals surface area contributed by atoms with Crippen LogP contribution in [-0.4, -0.2) is 35.6 Å². The van der Waals surface area contributed by atoms with Gasteiger partial charge in [-0.3, -0.25) is 4.79 Å². The molecule has 1 fully saturated rings. The summed E-state index contributed by atoms with van der Waals surface area (Å²) in [6.45, 7) is 3.75. The van der Waals surface area contributed by atoms with Gasteiger partial charge >= 0.3 is 0 Å². The number of nitrogens with zero attached hydrogens (tertiary/aromatic N) is 1. The number of aliphatic hydroxyl groups excluding tert-OH is 1. The summed E-state index contributed by atoms with van der Waals surface area (Å²) in [5, 5.41) is 10.6. The average molecular weight is 277 g/mol. The van der Waals surface area contributed by atoms with E-state index in [1.165, 1.54) is 17.8 Å². The Kier molecular flexibility index (Phi) is 5.00. The number of carbonyl (C=O) groups is 1. The van der Waals surface area contributed by atoms with E-state index in [0.29, 0.717) is 10.8 Å². The lowest BCUT2D eigenvalue weighted by Crippen LogP contribution is -2.31. The van der Waals surface area contributed by atoms with Gasteiger partial charge in [-0.25, -0.2) is 0 Å². The molecule has 19 heavy (non-hydrogen) atoms. The second-order valence-electron chi connectivity index (χ2n) is 4.95. The van der Waals surface area contributed by atoms with Crippen LogP contribution in [0.25, 0.3) is 0 Å². The lowest BCUT2D eigenvalue weighted by atomic mass is 10.0. The van der Waals surface area contributed by atoms with Gasteiger partial charge in [-0.15, -0.1) is 11.3 Å². The molecule has 1 unspecified atom stereocenters. The van der Waals surface area contributed by atoms with E-state index in [1.54, 1.807) is 0 Å². The zero-order chi connectivity index (χ0) is 13.7. The highest BCUT2D eigenvalue weighted by Crippen LogP contribution is 2.22. The first-order valence-corrected chi connectivity index (χ1v) is 7.57. The Labute approximate surface area is 118 Å². The fourth-order valence-corrected chi connectivity index (χ4v) is 3.13. The van der Waals surface area contributed by atoms with Crippen LogP contribution in [0, 0.1) is 17.8 Å². The normalized spacial score (nSPS) is 19.5. The van der Waals surface area contributed by atoms with Crippen molar-refractivity contribution in [1.82, 2.24) is 4.90 Å². The zero-order valence-electron chi connectivity index (χ0n) is 11.2. The highest BCUT2D eigenvalue weighted by Gasteiger charge is 2.22. The summed E-state index contributed by atoms with van der Waals surface area (Å²) in [6.07, 6.45) is 3.36. The minimum atomic E-state index is -0.176. The lowest BCUT2D eigenvalue weighted by molar-refractivity contribution is 0.0765. The quantitative estimate of drug-likeness (QED) is 0.801. The third-order valence-electron chi connectivity index (χ3n) is 3.47. The molecule has 1 aromatic rings. The first-order chi connectivity index (χ1) is 9.22. The SMILES string of the molecule is CC1CCCN(C(=O)c2sccc2C#CCO)CC1. The summed E-state index contributed by atoms with van der Waals surface area (Å²) in [5.74, 6) is 6.25. The molecule has 1 aromatic heterocycles. The number of hydrogen-bond acceptors (Lipinski definition) is 3. The molecule has 1 amide bonds. The van der Waals surface area contributed by atoms with Gasteiger partial charge in [-0.1, -0.05) is 18.8 Å². The fraction of sp³-hybridized carbons (Fsp3) is 0.533. The van der Waals surface area contributed by atoms with Crippen LogP contribution in [0.2, 0.25) is 0 Å². The van der Waals surface area contributed by atoms with Crippen LogP contribution in [0.3, 0.4) is 0 Å². The predicted molar refractivity (Wildman–Crippen MR) is 77.2 cm³/mol. The van der Waals surface area contributed by atoms with Crippen molar-refractivity contribution in [3.63, 3.8) is 0 Å². The molecule has 2 heterocycles. The molecule has 0 aromatic carbocycles. The van der Waals surface area contributed by atoms with Crippen molar-refractivity contribution in [3.8, 4) is 11.8 Å². The third-order valence-corrected chi connectivity index (χ3v) is 4.37. The van der Waals surface area contributed by atoms with Crippen LogP contribution in [0.15, 0.2) is 11.4 Å². The van der Waals surface area contributed by atoms with Crippen molar-refractivity contribution in [2.75, 3.05) is 19.7 Å². The van der Waals surface area contributed by atoms with Crippen LogP contribution in [0.5, 0.6) is 0 Å². The smallest absolute Gasteiger partial charge is 0.265 e. The summed E-state index contributed by atoms with van der Waals surface area (Å²) in [4.78, 5) is 15.2. The minimum absolute atomic E-state index is 0.0892. The summed E-state index contributed by atoms with van der Waals surface area (Å²) in [5.41, 5.74) is 0.737. The first-order valence-electron chi connectivity index (χ1n) is 6.69. The molecule has 0 bridgehead atoms. The van der Waals surface area contributed by atoms with Gasteiger partial charge < -0.3 is 10.0 Å². The number of thiophene rings is 1. The molecule has 1 saturated heterocycles. The summed E-state index contributed by atoms with van der Waals surface area (Å²) < 4.78 is 0. The minimum Gasteiger partial charge on any atom is -0.384 e. The monoisotopic (exact) mass is 277 g/mol. The standard InChI is InChI=1S/C15H19NO2S/c1-12-4-2-8-16(9-6-12)15(18)14-13(5-3-10-17)7-11-19-14/h7,11-12,17H,2,4,6,8-10H2,1H3. The number of hydrogen-bond donors (Lipinski definition) is 1. The highest BCUT2D eigenvalue weighted by molar-refractivity contribution is 7.12. The molecule has 1 aliphatic rings. The number of amides is 1. The van der Waals surface area contributed by atoms with Crippen molar-refractivity contribution in [2.45, 2.75) is 26.2 Å². The Morgan fingerprint density at radius 1 is 1.53 bits per heavy atom. The Bertz CT molecular complexity index is 498. The average Bonchev–Trinajstić information content (AvgIpc) is 2.77. The van der Waals surface area contributed by atoms with Crippen molar-refractivity contribution < 1.29 is 9.90 Å². The molecule has 102 valence electrons. The van der Waals surface area contributed by atoms with Crippen LogP contribution in [0.4, 0.5) is 0 Å². The maximum Gasteiger partial charge on any atom is 0.265 e. The molecule has 1 aliphatic heterocycles. The maximum atomic E-state index is 12.5. The van der Waals surface area contributed by atoms with Crippen LogP contribution >= 0.6 is 11.3 Å². The number of aliphatic hydroxyl groups is 1. The van der Waals surface area contributed by atoms with E-state index in [4.69, 9.17) is 5.11 Å². The van der Waals surface area contributed by atoms with Crippen LogP contribution in [-0.2, 0) is 0 Å². The molecule has 0 radical (unpaired) electrons. The van der Waals surface area contributed by atoms with Gasteiger partial charge in [0.15, 0.2) is 0 Å². The van der Waals surface area contributed by atoms with E-state index in [-0.39, 0.29) is 12.5 Å². The maximum absolute atomic E-state index is 12.5. The van der Waals surface area contributed by atoms with Gasteiger partial charge in [-0.05, 0) is 36.6 Å². The predicted octanol–water partition coefficient (Wildman–Crippen LogP) is 2.35. The summed E-state index contributed by atoms with van der Waals surface area (Å²) >= 11 is 1.43. The summed E-state index contributed by atoms with van der Waals surface area (Å²) in [7, 11) is 0. The second kappa shape index (κ2) is 6.74. The second-order valence-corrected chi connectivity index (χ2v) is 5.87. The van der Waals surface area contributed by atoms with E-state index >= 15 is 0 Å². The molecule has 2 rings (SSSR count). The Morgan fingerprint density at radius 2 is 2.37 bits per heavy atom. The molecule has 3 nitrogen and oxygen atoms in total. The van der Waals surface area contributed by atoms with Crippen molar-refractivity contribution in [2.24, 2.45) is 5.92 Å². The van der Waals surface area contributed by atoms with Gasteiger partial charge in [0.05, 0.1) is 0 Å². The summed E-state index contributed by atoms with van der Waals surface area (Å²) in [6, 6.07) is 1.85. The number of likely N-dealkylation sites (tertiary alicyclic amines) is 1. The van der Waals surface area contributed by atoms with E-state index in [0.717, 1.165) is 31.5 Å². The van der Waals surface area contributed by atoms with Crippen LogP contribution in [0.1, 0.15) is 41.4 Å². The van der Waals surface area contributed by atoms with Crippen molar-refractivity contribution >= 4 is 17.2 Å². The van der Waals surface area contributed by atoms with Gasteiger partial charge in [0.25, 0.3) is 5.91 Å². The molecule has 0 aliphatic carbocycles. The lowest BCUT2D eigenvalue weighted by Gasteiger charge is -2.19. The number of rotatable bonds is 1. The largest absolute Gasteiger partial charge is 0.384 e. The van der Waals surface area contributed by atoms with Gasteiger partial charge in [0, 0.05) is 18.7 Å².